The zero-order chi connectivity index (χ0) is 14.0. The number of hydrogen-bond donors (Lipinski definition) is 1. The Morgan fingerprint density at radius 3 is 2.58 bits per heavy atom. The van der Waals surface area contributed by atoms with E-state index in [2.05, 4.69) is 10.3 Å². The summed E-state index contributed by atoms with van der Waals surface area (Å²) in [5, 5.41) is 2.98. The summed E-state index contributed by atoms with van der Waals surface area (Å²) < 4.78 is 5.65. The van der Waals surface area contributed by atoms with Crippen LogP contribution in [0.5, 0.6) is 0 Å². The van der Waals surface area contributed by atoms with E-state index in [1.807, 2.05) is 31.7 Å². The van der Waals surface area contributed by atoms with Crippen LogP contribution in [0.1, 0.15) is 29.9 Å². The van der Waals surface area contributed by atoms with Crippen molar-refractivity contribution in [2.45, 2.75) is 33.0 Å². The Balaban J connectivity index is 2.21. The van der Waals surface area contributed by atoms with E-state index >= 15 is 0 Å². The van der Waals surface area contributed by atoms with Crippen LogP contribution < -0.4 is 5.32 Å². The number of pyridine rings is 1. The van der Waals surface area contributed by atoms with E-state index in [1.165, 1.54) is 0 Å². The van der Waals surface area contributed by atoms with Crippen molar-refractivity contribution in [3.63, 3.8) is 0 Å². The number of nitrogens with one attached hydrogen (secondary N) is 1. The van der Waals surface area contributed by atoms with Gasteiger partial charge in [0, 0.05) is 31.4 Å². The average Bonchev–Trinajstić information content (AvgIpc) is 2.35. The van der Waals surface area contributed by atoms with E-state index in [0.717, 1.165) is 11.5 Å². The molecule has 0 radical (unpaired) electrons. The fourth-order valence-electron chi connectivity index (χ4n) is 2.45. The van der Waals surface area contributed by atoms with Gasteiger partial charge in [-0.25, -0.2) is 4.98 Å². The van der Waals surface area contributed by atoms with E-state index < -0.39 is 0 Å². The Hall–Kier alpha value is -1.62. The van der Waals surface area contributed by atoms with Crippen molar-refractivity contribution in [1.29, 1.82) is 0 Å². The zero-order valence-corrected chi connectivity index (χ0v) is 11.9. The molecule has 1 aromatic rings. The van der Waals surface area contributed by atoms with Crippen LogP contribution in [0.3, 0.4) is 0 Å². The van der Waals surface area contributed by atoms with Crippen LogP contribution in [0.25, 0.3) is 0 Å². The van der Waals surface area contributed by atoms with Gasteiger partial charge in [-0.1, -0.05) is 0 Å². The summed E-state index contributed by atoms with van der Waals surface area (Å²) in [6.45, 7) is 7.15. The smallest absolute Gasteiger partial charge is 0.254 e. The molecule has 1 aromatic heterocycles. The van der Waals surface area contributed by atoms with Crippen molar-refractivity contribution in [3.8, 4) is 0 Å². The molecule has 1 amide bonds. The predicted molar refractivity (Wildman–Crippen MR) is 74.4 cm³/mol. The molecule has 5 heteroatoms. The minimum absolute atomic E-state index is 0.0454. The summed E-state index contributed by atoms with van der Waals surface area (Å²) in [7, 11) is 1.80. The van der Waals surface area contributed by atoms with Crippen LogP contribution in [0.15, 0.2) is 12.1 Å². The van der Waals surface area contributed by atoms with Crippen molar-refractivity contribution < 1.29 is 9.53 Å². The van der Waals surface area contributed by atoms with Crippen LogP contribution in [0.2, 0.25) is 0 Å². The van der Waals surface area contributed by atoms with Gasteiger partial charge in [-0.3, -0.25) is 4.79 Å². The Morgan fingerprint density at radius 1 is 1.37 bits per heavy atom. The highest BCUT2D eigenvalue weighted by Crippen LogP contribution is 2.16. The Morgan fingerprint density at radius 2 is 2.00 bits per heavy atom. The molecule has 1 aliphatic heterocycles. The van der Waals surface area contributed by atoms with E-state index in [1.54, 1.807) is 13.1 Å². The van der Waals surface area contributed by atoms with Gasteiger partial charge in [0.2, 0.25) is 0 Å². The van der Waals surface area contributed by atoms with Crippen LogP contribution in [0.4, 0.5) is 5.82 Å². The number of aryl methyl sites for hydroxylation is 1. The molecule has 0 spiro atoms. The summed E-state index contributed by atoms with van der Waals surface area (Å²) in [6, 6.07) is 3.62. The highest BCUT2D eigenvalue weighted by molar-refractivity contribution is 5.95. The third kappa shape index (κ3) is 3.23. The first-order valence-electron chi connectivity index (χ1n) is 6.60. The summed E-state index contributed by atoms with van der Waals surface area (Å²) in [5.41, 5.74) is 1.52. The molecule has 1 fully saturated rings. The molecule has 0 saturated carbocycles. The van der Waals surface area contributed by atoms with Gasteiger partial charge in [0.15, 0.2) is 0 Å². The highest BCUT2D eigenvalue weighted by atomic mass is 16.5. The van der Waals surface area contributed by atoms with Crippen LogP contribution in [-0.2, 0) is 4.74 Å². The lowest BCUT2D eigenvalue weighted by molar-refractivity contribution is -0.0586. The molecule has 2 atom stereocenters. The van der Waals surface area contributed by atoms with Gasteiger partial charge in [-0.05, 0) is 32.9 Å². The standard InChI is InChI=1S/C14H21N3O2/c1-9-5-12(6-13(15-4)16-9)14(18)17-7-10(2)19-11(3)8-17/h5-6,10-11H,7-8H2,1-4H3,(H,15,16). The molecule has 104 valence electrons. The number of hydrogen-bond acceptors (Lipinski definition) is 4. The molecule has 19 heavy (non-hydrogen) atoms. The van der Waals surface area contributed by atoms with E-state index in [-0.39, 0.29) is 18.1 Å². The van der Waals surface area contributed by atoms with Gasteiger partial charge < -0.3 is 15.0 Å². The Labute approximate surface area is 114 Å². The molecular weight excluding hydrogens is 242 g/mol. The first-order valence-corrected chi connectivity index (χ1v) is 6.60. The monoisotopic (exact) mass is 263 g/mol. The number of rotatable bonds is 2. The first-order chi connectivity index (χ1) is 8.99. The number of ether oxygens (including phenoxy) is 1. The van der Waals surface area contributed by atoms with Crippen LogP contribution >= 0.6 is 0 Å². The third-order valence-electron chi connectivity index (χ3n) is 3.16. The van der Waals surface area contributed by atoms with Gasteiger partial charge in [-0.15, -0.1) is 0 Å². The van der Waals surface area contributed by atoms with Crippen molar-refractivity contribution in [3.05, 3.63) is 23.4 Å². The zero-order valence-electron chi connectivity index (χ0n) is 11.9. The fraction of sp³-hybridized carbons (Fsp3) is 0.571. The number of carbonyl (C=O) groups is 1. The summed E-state index contributed by atoms with van der Waals surface area (Å²) >= 11 is 0. The maximum Gasteiger partial charge on any atom is 0.254 e. The number of aromatic nitrogens is 1. The Kier molecular flexibility index (Phi) is 4.04. The Bertz CT molecular complexity index is 466. The molecule has 2 unspecified atom stereocenters. The molecule has 0 aliphatic carbocycles. The largest absolute Gasteiger partial charge is 0.373 e. The molecule has 1 aliphatic rings. The molecule has 2 heterocycles. The summed E-state index contributed by atoms with van der Waals surface area (Å²) in [6.07, 6.45) is 0.166. The number of anilines is 1. The fourth-order valence-corrected chi connectivity index (χ4v) is 2.45. The molecule has 1 saturated heterocycles. The second-order valence-corrected chi connectivity index (χ2v) is 5.10. The van der Waals surface area contributed by atoms with Crippen molar-refractivity contribution >= 4 is 11.7 Å². The van der Waals surface area contributed by atoms with Gasteiger partial charge in [-0.2, -0.15) is 0 Å². The topological polar surface area (TPSA) is 54.5 Å². The SMILES string of the molecule is CNc1cc(C(=O)N2CC(C)OC(C)C2)cc(C)n1. The van der Waals surface area contributed by atoms with Crippen molar-refractivity contribution in [2.75, 3.05) is 25.5 Å². The molecule has 5 nitrogen and oxygen atoms in total. The lowest BCUT2D eigenvalue weighted by atomic mass is 10.1. The van der Waals surface area contributed by atoms with E-state index in [4.69, 9.17) is 4.74 Å². The third-order valence-corrected chi connectivity index (χ3v) is 3.16. The highest BCUT2D eigenvalue weighted by Gasteiger charge is 2.26. The molecule has 0 bridgehead atoms. The van der Waals surface area contributed by atoms with Crippen molar-refractivity contribution in [1.82, 2.24) is 9.88 Å². The molecule has 1 N–H and O–H groups in total. The number of nitrogens with zero attached hydrogens (tertiary/aromatic N) is 2. The second-order valence-electron chi connectivity index (χ2n) is 5.10. The van der Waals surface area contributed by atoms with E-state index in [0.29, 0.717) is 18.7 Å². The minimum atomic E-state index is 0.0454. The minimum Gasteiger partial charge on any atom is -0.373 e. The lowest BCUT2D eigenvalue weighted by Crippen LogP contribution is -2.48. The lowest BCUT2D eigenvalue weighted by Gasteiger charge is -2.35. The molecule has 2 rings (SSSR count). The maximum atomic E-state index is 12.5. The average molecular weight is 263 g/mol. The normalized spacial score (nSPS) is 23.3. The van der Waals surface area contributed by atoms with Crippen LogP contribution in [-0.4, -0.2) is 48.1 Å². The molecule has 0 aromatic carbocycles. The van der Waals surface area contributed by atoms with Crippen LogP contribution in [0, 0.1) is 6.92 Å². The summed E-state index contributed by atoms with van der Waals surface area (Å²) in [5.74, 6) is 0.765. The predicted octanol–water partition coefficient (Wildman–Crippen LogP) is 1.68. The number of carbonyl (C=O) groups excluding carboxylic acids is 1. The van der Waals surface area contributed by atoms with Gasteiger partial charge in [0.1, 0.15) is 5.82 Å². The van der Waals surface area contributed by atoms with Crippen molar-refractivity contribution in [2.24, 2.45) is 0 Å². The van der Waals surface area contributed by atoms with Gasteiger partial charge in [0.05, 0.1) is 12.2 Å². The number of morpholine rings is 1. The van der Waals surface area contributed by atoms with Gasteiger partial charge >= 0.3 is 0 Å². The quantitative estimate of drug-likeness (QED) is 0.882. The maximum absolute atomic E-state index is 12.5. The first kappa shape index (κ1) is 13.8. The van der Waals surface area contributed by atoms with Gasteiger partial charge in [0.25, 0.3) is 5.91 Å². The molecular formula is C14H21N3O2. The van der Waals surface area contributed by atoms with E-state index in [9.17, 15) is 4.79 Å². The second kappa shape index (κ2) is 5.57. The summed E-state index contributed by atoms with van der Waals surface area (Å²) in [4.78, 5) is 18.7. The number of amides is 1.